The minimum Gasteiger partial charge on any atom is -0.390 e. The number of alkyl halides is 6. The molecule has 2 unspecified atom stereocenters. The lowest BCUT2D eigenvalue weighted by Crippen LogP contribution is -2.52. The topological polar surface area (TPSA) is 347 Å². The Balaban J connectivity index is 0.000000189. The number of fused-ring (bicyclic) bond motifs is 3. The predicted octanol–water partition coefficient (Wildman–Crippen LogP) is 8.87. The van der Waals surface area contributed by atoms with Crippen molar-refractivity contribution in [3.05, 3.63) is 142 Å². The maximum absolute atomic E-state index is 13.4. The van der Waals surface area contributed by atoms with Crippen LogP contribution in [0.4, 0.5) is 43.8 Å². The summed E-state index contributed by atoms with van der Waals surface area (Å²) in [5, 5.41) is 50.3. The number of aromatic nitrogens is 9. The zero-order valence-electron chi connectivity index (χ0n) is 50.1. The van der Waals surface area contributed by atoms with E-state index in [-0.39, 0.29) is 70.9 Å². The minimum atomic E-state index is -5.28. The third-order valence-corrected chi connectivity index (χ3v) is 14.7. The van der Waals surface area contributed by atoms with Gasteiger partial charge in [-0.25, -0.2) is 29.9 Å². The van der Waals surface area contributed by atoms with Crippen LogP contribution in [-0.2, 0) is 21.6 Å². The van der Waals surface area contributed by atoms with Gasteiger partial charge in [-0.15, -0.1) is 0 Å². The second kappa shape index (κ2) is 24.0. The number of aryl methyl sites for hydroxylation is 4. The number of hydrogen-bond acceptors (Lipinski definition) is 17. The summed E-state index contributed by atoms with van der Waals surface area (Å²) in [6.07, 6.45) is -0.172. The van der Waals surface area contributed by atoms with Crippen LogP contribution in [0.25, 0.3) is 50.7 Å². The Hall–Kier alpha value is -8.89. The number of rotatable bonds is 15. The van der Waals surface area contributed by atoms with E-state index in [0.717, 1.165) is 34.5 Å². The van der Waals surface area contributed by atoms with Crippen molar-refractivity contribution >= 4 is 51.9 Å². The molecule has 27 heteroatoms. The molecule has 0 saturated heterocycles. The molecule has 13 N–H and O–H groups in total. The molecule has 6 heterocycles. The first-order chi connectivity index (χ1) is 40.4. The molecule has 0 fully saturated rings. The fraction of sp³-hybridized carbons (Fsp3) is 0.361. The molecule has 0 aliphatic carbocycles. The number of Topliss-reactive ketones (excluding diaryl/α,β-unsaturated/α-hetero) is 2. The highest BCUT2D eigenvalue weighted by atomic mass is 19.4. The molecule has 6 aromatic heterocycles. The molecule has 2 atom stereocenters. The number of primary amides is 1. The van der Waals surface area contributed by atoms with Gasteiger partial charge in [-0.3, -0.25) is 27.6 Å². The average molecular weight is 1230 g/mol. The molecule has 0 aliphatic heterocycles. The summed E-state index contributed by atoms with van der Waals surface area (Å²) in [6.45, 7) is 17.7. The van der Waals surface area contributed by atoms with Gasteiger partial charge in [0.25, 0.3) is 11.5 Å². The van der Waals surface area contributed by atoms with Crippen molar-refractivity contribution in [2.75, 3.05) is 17.2 Å². The van der Waals surface area contributed by atoms with Crippen molar-refractivity contribution in [3.8, 4) is 33.8 Å². The number of ketones is 2. The first-order valence-electron chi connectivity index (χ1n) is 27.3. The third kappa shape index (κ3) is 13.9. The molecule has 9 aromatic rings. The number of aliphatic hydroxyl groups is 5. The smallest absolute Gasteiger partial charge is 0.390 e. The predicted molar refractivity (Wildman–Crippen MR) is 317 cm³/mol. The number of anilines is 3. The van der Waals surface area contributed by atoms with Crippen LogP contribution >= 0.6 is 0 Å². The quantitative estimate of drug-likeness (QED) is 0.0342. The van der Waals surface area contributed by atoms with Crippen molar-refractivity contribution in [2.24, 2.45) is 5.73 Å². The SMILES string of the molecule is Cc1ccc(C(C)(C)O)cc1-c1cnc2c(N)nc(C(=O)CCC(C)(C)O)cn12.Cc1ccc(C(C)(O)C(F)(F)F)cc1-c1cnc2c(N)nc(C(=O)CCC(C)(C)O)cn12.Cc1cn2c(-c3cc(C(O)(C(N)=O)C(F)(F)F)ccc3C)cnc2c(N)n1. The van der Waals surface area contributed by atoms with E-state index in [0.29, 0.717) is 64.0 Å². The summed E-state index contributed by atoms with van der Waals surface area (Å²) in [7, 11) is 0. The van der Waals surface area contributed by atoms with Gasteiger partial charge >= 0.3 is 12.4 Å². The van der Waals surface area contributed by atoms with E-state index in [1.54, 1.807) is 89.7 Å². The molecule has 0 aliphatic rings. The van der Waals surface area contributed by atoms with Crippen molar-refractivity contribution in [2.45, 2.75) is 142 Å². The van der Waals surface area contributed by atoms with Crippen LogP contribution < -0.4 is 22.9 Å². The summed E-state index contributed by atoms with van der Waals surface area (Å²) in [5.74, 6) is -2.12. The monoisotopic (exact) mass is 1230 g/mol. The van der Waals surface area contributed by atoms with Crippen molar-refractivity contribution in [3.63, 3.8) is 0 Å². The van der Waals surface area contributed by atoms with E-state index in [1.807, 2.05) is 25.1 Å². The number of benzene rings is 3. The fourth-order valence-electron chi connectivity index (χ4n) is 9.33. The highest BCUT2D eigenvalue weighted by Gasteiger charge is 2.60. The van der Waals surface area contributed by atoms with Gasteiger partial charge in [0.2, 0.25) is 0 Å². The van der Waals surface area contributed by atoms with E-state index >= 15 is 0 Å². The van der Waals surface area contributed by atoms with Gasteiger partial charge in [0, 0.05) is 53.7 Å². The van der Waals surface area contributed by atoms with E-state index in [2.05, 4.69) is 29.9 Å². The number of amides is 1. The molecule has 21 nitrogen and oxygen atoms in total. The zero-order valence-corrected chi connectivity index (χ0v) is 50.1. The van der Waals surface area contributed by atoms with Crippen LogP contribution in [0, 0.1) is 27.7 Å². The fourth-order valence-corrected chi connectivity index (χ4v) is 9.33. The van der Waals surface area contributed by atoms with Gasteiger partial charge in [0.05, 0.1) is 58.2 Å². The van der Waals surface area contributed by atoms with Gasteiger partial charge in [-0.1, -0.05) is 36.4 Å². The average Bonchev–Trinajstić information content (AvgIpc) is 3.14. The van der Waals surface area contributed by atoms with Crippen LogP contribution in [0.3, 0.4) is 0 Å². The Morgan fingerprint density at radius 1 is 0.489 bits per heavy atom. The molecule has 0 radical (unpaired) electrons. The van der Waals surface area contributed by atoms with Crippen molar-refractivity contribution < 1.29 is 66.3 Å². The third-order valence-electron chi connectivity index (χ3n) is 14.7. The number of nitrogens with zero attached hydrogens (tertiary/aromatic N) is 9. The van der Waals surface area contributed by atoms with Crippen molar-refractivity contribution in [1.29, 1.82) is 0 Å². The minimum absolute atomic E-state index is 0.0125. The van der Waals surface area contributed by atoms with Gasteiger partial charge in [0.15, 0.2) is 51.6 Å². The summed E-state index contributed by atoms with van der Waals surface area (Å²) in [6, 6.07) is 13.2. The molecular formula is C61H69F6N13O8. The normalized spacial score (nSPS) is 13.8. The Morgan fingerprint density at radius 2 is 0.830 bits per heavy atom. The van der Waals surface area contributed by atoms with E-state index in [4.69, 9.17) is 22.9 Å². The second-order valence-corrected chi connectivity index (χ2v) is 23.6. The number of imidazole rings is 3. The van der Waals surface area contributed by atoms with E-state index in [1.165, 1.54) is 47.3 Å². The second-order valence-electron chi connectivity index (χ2n) is 23.6. The highest BCUT2D eigenvalue weighted by molar-refractivity contribution is 5.96. The largest absolute Gasteiger partial charge is 0.430 e. The number of carbonyl (C=O) groups is 3. The molecule has 0 saturated carbocycles. The number of hydrogen-bond donors (Lipinski definition) is 9. The Bertz CT molecular complexity index is 4150. The van der Waals surface area contributed by atoms with Crippen LogP contribution in [0.5, 0.6) is 0 Å². The Labute approximate surface area is 500 Å². The number of nitrogen functional groups attached to an aromatic ring is 3. The highest BCUT2D eigenvalue weighted by Crippen LogP contribution is 2.43. The standard InChI is InChI=1S/C22H25F3N4O3.C22H28N4O3.C17H16F3N5O2/c1-12-5-6-13(21(4,32)22(23,24)25)9-14(12)16-10-27-19-18(26)28-15(11-29(16)19)17(30)7-8-20(2,3)31;1-13-6-7-14(22(4,5)29)10-15(13)17-11-24-20-19(23)25-16(12-26(17)20)18(27)8-9-21(2,3)28;1-8-3-4-10(16(27,15(22)26)17(18,19)20)5-11(8)12-6-23-14-13(21)24-9(2)7-25(12)14/h5-6,9-11,31-32H,7-8H2,1-4H3,(H2,26,28);6-7,10-12,28-29H,8-9H2,1-5H3,(H2,23,25);3-7,27H,1-2H3,(H2,21,24)(H2,22,26). The summed E-state index contributed by atoms with van der Waals surface area (Å²) < 4.78 is 85.0. The number of halogens is 6. The molecule has 468 valence electrons. The maximum atomic E-state index is 13.4. The van der Waals surface area contributed by atoms with Gasteiger partial charge in [0.1, 0.15) is 11.4 Å². The molecule has 9 rings (SSSR count). The number of nitrogens with two attached hydrogens (primary N) is 4. The van der Waals surface area contributed by atoms with E-state index in [9.17, 15) is 66.3 Å². The molecule has 0 spiro atoms. The molecule has 1 amide bonds. The van der Waals surface area contributed by atoms with Crippen molar-refractivity contribution in [1.82, 2.24) is 43.1 Å². The summed E-state index contributed by atoms with van der Waals surface area (Å²) in [5.41, 5.74) is 20.0. The number of carbonyl (C=O) groups excluding carboxylic acids is 3. The first kappa shape index (κ1) is 66.6. The molecular weight excluding hydrogens is 1160 g/mol. The Morgan fingerprint density at radius 3 is 1.18 bits per heavy atom. The van der Waals surface area contributed by atoms with Crippen LogP contribution in [-0.4, -0.2) is 110 Å². The maximum Gasteiger partial charge on any atom is 0.430 e. The Kier molecular flexibility index (Phi) is 18.2. The van der Waals surface area contributed by atoms with Gasteiger partial charge in [-0.2, -0.15) is 26.3 Å². The first-order valence-corrected chi connectivity index (χ1v) is 27.3. The zero-order chi connectivity index (χ0) is 65.8. The van der Waals surface area contributed by atoms with Crippen LogP contribution in [0.1, 0.15) is 134 Å². The van der Waals surface area contributed by atoms with Gasteiger partial charge in [-0.05, 0) is 135 Å². The van der Waals surface area contributed by atoms with Crippen LogP contribution in [0.15, 0.2) is 91.8 Å². The lowest BCUT2D eigenvalue weighted by Gasteiger charge is -2.28. The lowest BCUT2D eigenvalue weighted by atomic mass is 9.89. The molecule has 88 heavy (non-hydrogen) atoms. The summed E-state index contributed by atoms with van der Waals surface area (Å²) >= 11 is 0. The molecule has 0 bridgehead atoms. The summed E-state index contributed by atoms with van der Waals surface area (Å²) in [4.78, 5) is 61.8. The molecule has 3 aromatic carbocycles. The van der Waals surface area contributed by atoms with E-state index < -0.39 is 51.8 Å². The van der Waals surface area contributed by atoms with Crippen LogP contribution in [0.2, 0.25) is 0 Å². The van der Waals surface area contributed by atoms with Gasteiger partial charge < -0.3 is 48.5 Å². The lowest BCUT2D eigenvalue weighted by molar-refractivity contribution is -0.258.